The third-order valence-electron chi connectivity index (χ3n) is 3.75. The molecule has 2 N–H and O–H groups in total. The molecule has 7 heteroatoms. The molecule has 0 radical (unpaired) electrons. The third-order valence-corrected chi connectivity index (χ3v) is 4.59. The summed E-state index contributed by atoms with van der Waals surface area (Å²) < 4.78 is 9.32. The molecule has 1 aromatic heterocycles. The van der Waals surface area contributed by atoms with Gasteiger partial charge in [0.1, 0.15) is 5.69 Å². The zero-order valence-corrected chi connectivity index (χ0v) is 13.3. The quantitative estimate of drug-likeness (QED) is 0.868. The molecule has 1 aromatic carbocycles. The van der Waals surface area contributed by atoms with Gasteiger partial charge in [0, 0.05) is 18.7 Å². The Kier molecular flexibility index (Phi) is 4.57. The summed E-state index contributed by atoms with van der Waals surface area (Å²) in [5, 5.41) is 0. The molecule has 1 aliphatic heterocycles. The van der Waals surface area contributed by atoms with Crippen molar-refractivity contribution in [1.82, 2.24) is 9.27 Å². The second-order valence-electron chi connectivity index (χ2n) is 5.30. The molecule has 1 amide bonds. The SMILES string of the molecule is Nc1c(-c2ccccc2)nsc1C(=O)OCC(=O)N1CCCC1. The molecule has 0 atom stereocenters. The number of carbonyl (C=O) groups excluding carboxylic acids is 2. The van der Waals surface area contributed by atoms with Gasteiger partial charge in [0.15, 0.2) is 11.5 Å². The highest BCUT2D eigenvalue weighted by Gasteiger charge is 2.23. The maximum atomic E-state index is 12.1. The largest absolute Gasteiger partial charge is 0.451 e. The van der Waals surface area contributed by atoms with Gasteiger partial charge < -0.3 is 15.4 Å². The molecule has 3 rings (SSSR count). The number of likely N-dealkylation sites (tertiary alicyclic amines) is 1. The molecule has 6 nitrogen and oxygen atoms in total. The molecule has 0 unspecified atom stereocenters. The molecule has 0 aliphatic carbocycles. The third kappa shape index (κ3) is 3.34. The van der Waals surface area contributed by atoms with Crippen molar-refractivity contribution in [3.63, 3.8) is 0 Å². The Hall–Kier alpha value is -2.41. The molecular weight excluding hydrogens is 314 g/mol. The fourth-order valence-electron chi connectivity index (χ4n) is 2.50. The highest BCUT2D eigenvalue weighted by atomic mass is 32.1. The molecule has 1 saturated heterocycles. The van der Waals surface area contributed by atoms with E-state index in [9.17, 15) is 9.59 Å². The van der Waals surface area contributed by atoms with Crippen LogP contribution in [0.15, 0.2) is 30.3 Å². The van der Waals surface area contributed by atoms with Crippen molar-refractivity contribution in [2.45, 2.75) is 12.8 Å². The van der Waals surface area contributed by atoms with Gasteiger partial charge in [0.05, 0.1) is 5.69 Å². The number of esters is 1. The first-order valence-corrected chi connectivity index (χ1v) is 8.19. The van der Waals surface area contributed by atoms with Crippen molar-refractivity contribution >= 4 is 29.1 Å². The van der Waals surface area contributed by atoms with E-state index in [4.69, 9.17) is 10.5 Å². The summed E-state index contributed by atoms with van der Waals surface area (Å²) in [5.74, 6) is -0.767. The van der Waals surface area contributed by atoms with Crippen LogP contribution in [0.1, 0.15) is 22.5 Å². The molecule has 23 heavy (non-hydrogen) atoms. The van der Waals surface area contributed by atoms with Crippen molar-refractivity contribution in [3.05, 3.63) is 35.2 Å². The molecule has 2 heterocycles. The van der Waals surface area contributed by atoms with Crippen LogP contribution in [0.5, 0.6) is 0 Å². The molecule has 1 aliphatic rings. The zero-order valence-electron chi connectivity index (χ0n) is 12.5. The Morgan fingerprint density at radius 3 is 2.61 bits per heavy atom. The van der Waals surface area contributed by atoms with Crippen molar-refractivity contribution in [2.75, 3.05) is 25.4 Å². The standard InChI is InChI=1S/C16H17N3O3S/c17-13-14(11-6-2-1-3-7-11)18-23-15(13)16(21)22-10-12(20)19-8-4-5-9-19/h1-3,6-7H,4-5,8-10,17H2. The van der Waals surface area contributed by atoms with Gasteiger partial charge in [-0.15, -0.1) is 0 Å². The van der Waals surface area contributed by atoms with Crippen molar-refractivity contribution < 1.29 is 14.3 Å². The summed E-state index contributed by atoms with van der Waals surface area (Å²) in [5.41, 5.74) is 7.71. The molecule has 2 aromatic rings. The number of nitrogens with zero attached hydrogens (tertiary/aromatic N) is 2. The number of hydrogen-bond acceptors (Lipinski definition) is 6. The second kappa shape index (κ2) is 6.78. The number of carbonyl (C=O) groups is 2. The van der Waals surface area contributed by atoms with Gasteiger partial charge in [-0.2, -0.15) is 4.37 Å². The summed E-state index contributed by atoms with van der Waals surface area (Å²) in [6.45, 7) is 1.21. The van der Waals surface area contributed by atoms with E-state index in [1.807, 2.05) is 30.3 Å². The van der Waals surface area contributed by atoms with Crippen LogP contribution < -0.4 is 5.73 Å². The average Bonchev–Trinajstić information content (AvgIpc) is 3.23. The van der Waals surface area contributed by atoms with E-state index in [0.29, 0.717) is 11.4 Å². The highest BCUT2D eigenvalue weighted by Crippen LogP contribution is 2.31. The highest BCUT2D eigenvalue weighted by molar-refractivity contribution is 7.09. The molecule has 0 spiro atoms. The fourth-order valence-corrected chi connectivity index (χ4v) is 3.21. The van der Waals surface area contributed by atoms with Gasteiger partial charge in [0.25, 0.3) is 5.91 Å². The number of aromatic nitrogens is 1. The van der Waals surface area contributed by atoms with Gasteiger partial charge in [-0.3, -0.25) is 4.79 Å². The lowest BCUT2D eigenvalue weighted by Crippen LogP contribution is -2.32. The fraction of sp³-hybridized carbons (Fsp3) is 0.312. The summed E-state index contributed by atoms with van der Waals surface area (Å²) in [4.78, 5) is 26.0. The van der Waals surface area contributed by atoms with Crippen LogP contribution in [0.2, 0.25) is 0 Å². The lowest BCUT2D eigenvalue weighted by atomic mass is 10.1. The van der Waals surface area contributed by atoms with Crippen LogP contribution in [0.3, 0.4) is 0 Å². The van der Waals surface area contributed by atoms with E-state index in [1.165, 1.54) is 0 Å². The lowest BCUT2D eigenvalue weighted by Gasteiger charge is -2.14. The minimum absolute atomic E-state index is 0.165. The Morgan fingerprint density at radius 2 is 1.91 bits per heavy atom. The van der Waals surface area contributed by atoms with E-state index in [-0.39, 0.29) is 17.4 Å². The molecule has 1 fully saturated rings. The number of hydrogen-bond donors (Lipinski definition) is 1. The van der Waals surface area contributed by atoms with E-state index in [1.54, 1.807) is 4.90 Å². The van der Waals surface area contributed by atoms with Crippen LogP contribution in [-0.4, -0.2) is 40.8 Å². The van der Waals surface area contributed by atoms with E-state index in [2.05, 4.69) is 4.37 Å². The maximum absolute atomic E-state index is 12.1. The zero-order chi connectivity index (χ0) is 16.2. The Bertz CT molecular complexity index is 709. The first-order valence-electron chi connectivity index (χ1n) is 7.42. The molecular formula is C16H17N3O3S. The van der Waals surface area contributed by atoms with Gasteiger partial charge in [-0.1, -0.05) is 30.3 Å². The lowest BCUT2D eigenvalue weighted by molar-refractivity contribution is -0.133. The van der Waals surface area contributed by atoms with E-state index >= 15 is 0 Å². The molecule has 0 bridgehead atoms. The monoisotopic (exact) mass is 331 g/mol. The smallest absolute Gasteiger partial charge is 0.352 e. The van der Waals surface area contributed by atoms with Crippen LogP contribution in [0.25, 0.3) is 11.3 Å². The maximum Gasteiger partial charge on any atom is 0.352 e. The minimum atomic E-state index is -0.602. The van der Waals surface area contributed by atoms with Gasteiger partial charge in [-0.25, -0.2) is 4.79 Å². The van der Waals surface area contributed by atoms with Crippen LogP contribution in [-0.2, 0) is 9.53 Å². The van der Waals surface area contributed by atoms with Crippen LogP contribution in [0.4, 0.5) is 5.69 Å². The van der Waals surface area contributed by atoms with Gasteiger partial charge >= 0.3 is 5.97 Å². The minimum Gasteiger partial charge on any atom is -0.451 e. The number of rotatable bonds is 4. The molecule has 0 saturated carbocycles. The number of anilines is 1. The van der Waals surface area contributed by atoms with E-state index in [0.717, 1.165) is 43.0 Å². The molecule has 120 valence electrons. The summed E-state index contributed by atoms with van der Waals surface area (Å²) in [6.07, 6.45) is 2.00. The number of nitrogen functional groups attached to an aromatic ring is 1. The van der Waals surface area contributed by atoms with Gasteiger partial charge in [-0.05, 0) is 24.4 Å². The van der Waals surface area contributed by atoms with Crippen molar-refractivity contribution in [2.24, 2.45) is 0 Å². The predicted octanol–water partition coefficient (Wildman–Crippen LogP) is 2.17. The number of amides is 1. The Morgan fingerprint density at radius 1 is 1.22 bits per heavy atom. The summed E-state index contributed by atoms with van der Waals surface area (Å²) in [6, 6.07) is 9.39. The first-order chi connectivity index (χ1) is 11.2. The first kappa shape index (κ1) is 15.5. The van der Waals surface area contributed by atoms with Crippen LogP contribution in [0, 0.1) is 0 Å². The Balaban J connectivity index is 1.66. The second-order valence-corrected chi connectivity index (χ2v) is 6.08. The summed E-state index contributed by atoms with van der Waals surface area (Å²) >= 11 is 0.989. The predicted molar refractivity (Wildman–Crippen MR) is 88.1 cm³/mol. The normalized spacial score (nSPS) is 14.0. The summed E-state index contributed by atoms with van der Waals surface area (Å²) in [7, 11) is 0. The number of ether oxygens (including phenoxy) is 1. The van der Waals surface area contributed by atoms with Gasteiger partial charge in [0.2, 0.25) is 0 Å². The topological polar surface area (TPSA) is 85.5 Å². The van der Waals surface area contributed by atoms with Crippen LogP contribution >= 0.6 is 11.5 Å². The van der Waals surface area contributed by atoms with Crippen molar-refractivity contribution in [1.29, 1.82) is 0 Å². The Labute approximate surface area is 138 Å². The number of nitrogens with two attached hydrogens (primary N) is 1. The van der Waals surface area contributed by atoms with Crippen molar-refractivity contribution in [3.8, 4) is 11.3 Å². The average molecular weight is 331 g/mol. The number of benzene rings is 1. The van der Waals surface area contributed by atoms with E-state index < -0.39 is 5.97 Å².